The van der Waals surface area contributed by atoms with Gasteiger partial charge in [0.2, 0.25) is 0 Å². The minimum atomic E-state index is 0. The van der Waals surface area contributed by atoms with E-state index in [1.54, 1.807) is 13.4 Å². The summed E-state index contributed by atoms with van der Waals surface area (Å²) in [4.78, 5) is 13.0. The van der Waals surface area contributed by atoms with E-state index >= 15 is 0 Å². The molecule has 2 aromatic heterocycles. The van der Waals surface area contributed by atoms with Gasteiger partial charge in [0, 0.05) is 26.8 Å². The Morgan fingerprint density at radius 1 is 1.17 bits per heavy atom. The van der Waals surface area contributed by atoms with Gasteiger partial charge >= 0.3 is 0 Å². The van der Waals surface area contributed by atoms with Crippen LogP contribution in [0.1, 0.15) is 5.56 Å². The number of aromatic nitrogens is 3. The van der Waals surface area contributed by atoms with Crippen LogP contribution in [0.2, 0.25) is 0 Å². The number of halogens is 1. The van der Waals surface area contributed by atoms with Crippen LogP contribution in [0.4, 0.5) is 0 Å². The lowest BCUT2D eigenvalue weighted by molar-refractivity contribution is 0.857. The van der Waals surface area contributed by atoms with E-state index in [1.165, 1.54) is 0 Å². The number of imidazole rings is 1. The smallest absolute Gasteiger partial charge is 0.190 e. The standard InChI is InChI=1S/C16H18N6.BrH/c1-17-16(18-2)20-10-12-7-8-15(19-9-12)22-11-21-13-5-3-4-6-14(13)22;/h3-9,11H,10H2,1-2H3,(H2,17,18,20);1H. The molecule has 0 saturated heterocycles. The predicted molar refractivity (Wildman–Crippen MR) is 98.4 cm³/mol. The average molecular weight is 375 g/mol. The molecule has 2 N–H and O–H groups in total. The molecule has 0 aliphatic carbocycles. The monoisotopic (exact) mass is 374 g/mol. The maximum absolute atomic E-state index is 4.52. The maximum Gasteiger partial charge on any atom is 0.190 e. The lowest BCUT2D eigenvalue weighted by Crippen LogP contribution is -2.34. The molecule has 0 aliphatic rings. The third-order valence-electron chi connectivity index (χ3n) is 3.43. The summed E-state index contributed by atoms with van der Waals surface area (Å²) in [5.41, 5.74) is 3.11. The van der Waals surface area contributed by atoms with E-state index in [2.05, 4.69) is 25.6 Å². The molecule has 0 saturated carbocycles. The second kappa shape index (κ2) is 7.73. The normalized spacial score (nSPS) is 11.1. The van der Waals surface area contributed by atoms with E-state index < -0.39 is 0 Å². The number of pyridine rings is 1. The Balaban J connectivity index is 0.00000192. The lowest BCUT2D eigenvalue weighted by Gasteiger charge is -2.09. The lowest BCUT2D eigenvalue weighted by atomic mass is 10.2. The molecule has 0 atom stereocenters. The summed E-state index contributed by atoms with van der Waals surface area (Å²) in [7, 11) is 3.57. The maximum atomic E-state index is 4.52. The second-order valence-electron chi connectivity index (χ2n) is 4.80. The first-order chi connectivity index (χ1) is 10.8. The van der Waals surface area contributed by atoms with Crippen molar-refractivity contribution in [3.05, 3.63) is 54.5 Å². The van der Waals surface area contributed by atoms with Crippen LogP contribution in [-0.2, 0) is 6.54 Å². The molecular formula is C16H19BrN6. The molecule has 0 aliphatic heterocycles. The molecule has 3 aromatic rings. The number of nitrogens with one attached hydrogen (secondary N) is 2. The summed E-state index contributed by atoms with van der Waals surface area (Å²) >= 11 is 0. The van der Waals surface area contributed by atoms with E-state index in [0.717, 1.165) is 28.4 Å². The van der Waals surface area contributed by atoms with E-state index in [9.17, 15) is 0 Å². The molecule has 23 heavy (non-hydrogen) atoms. The van der Waals surface area contributed by atoms with Crippen LogP contribution in [0.3, 0.4) is 0 Å². The van der Waals surface area contributed by atoms with Gasteiger partial charge in [-0.05, 0) is 23.8 Å². The quantitative estimate of drug-likeness (QED) is 0.545. The summed E-state index contributed by atoms with van der Waals surface area (Å²) in [6.07, 6.45) is 3.66. The Morgan fingerprint density at radius 2 is 2.00 bits per heavy atom. The number of fused-ring (bicyclic) bond motifs is 1. The fraction of sp³-hybridized carbons (Fsp3) is 0.188. The fourth-order valence-corrected chi connectivity index (χ4v) is 2.27. The van der Waals surface area contributed by atoms with Gasteiger partial charge in [-0.1, -0.05) is 18.2 Å². The van der Waals surface area contributed by atoms with Crippen LogP contribution in [0.25, 0.3) is 16.9 Å². The van der Waals surface area contributed by atoms with Gasteiger partial charge in [0.15, 0.2) is 5.96 Å². The molecule has 0 unspecified atom stereocenters. The Morgan fingerprint density at radius 3 is 2.70 bits per heavy atom. The number of benzene rings is 1. The van der Waals surface area contributed by atoms with Gasteiger partial charge in [-0.15, -0.1) is 17.0 Å². The zero-order chi connectivity index (χ0) is 15.4. The molecule has 0 fully saturated rings. The number of aliphatic imine (C=N–C) groups is 1. The Labute approximate surface area is 145 Å². The number of para-hydroxylation sites is 2. The second-order valence-corrected chi connectivity index (χ2v) is 4.80. The third kappa shape index (κ3) is 3.68. The Kier molecular flexibility index (Phi) is 5.70. The van der Waals surface area contributed by atoms with Crippen molar-refractivity contribution < 1.29 is 0 Å². The highest BCUT2D eigenvalue weighted by molar-refractivity contribution is 8.93. The number of nitrogens with zero attached hydrogens (tertiary/aromatic N) is 4. The van der Waals surface area contributed by atoms with Crippen LogP contribution >= 0.6 is 17.0 Å². The third-order valence-corrected chi connectivity index (χ3v) is 3.43. The largest absolute Gasteiger partial charge is 0.359 e. The summed E-state index contributed by atoms with van der Waals surface area (Å²) in [5, 5.41) is 6.18. The van der Waals surface area contributed by atoms with Crippen LogP contribution in [-0.4, -0.2) is 34.6 Å². The van der Waals surface area contributed by atoms with Crippen LogP contribution in [0.5, 0.6) is 0 Å². The Hall–Kier alpha value is -2.41. The number of hydrogen-bond acceptors (Lipinski definition) is 3. The van der Waals surface area contributed by atoms with E-state index in [4.69, 9.17) is 0 Å². The zero-order valence-corrected chi connectivity index (χ0v) is 14.7. The van der Waals surface area contributed by atoms with Gasteiger partial charge in [-0.25, -0.2) is 9.97 Å². The molecule has 7 heteroatoms. The van der Waals surface area contributed by atoms with E-state index in [1.807, 2.05) is 54.2 Å². The Bertz CT molecular complexity index is 794. The molecule has 0 amide bonds. The van der Waals surface area contributed by atoms with Crippen molar-refractivity contribution >= 4 is 34.0 Å². The van der Waals surface area contributed by atoms with Crippen molar-refractivity contribution in [1.29, 1.82) is 0 Å². The minimum absolute atomic E-state index is 0. The summed E-state index contributed by atoms with van der Waals surface area (Å²) in [5.74, 6) is 1.61. The first-order valence-electron chi connectivity index (χ1n) is 7.07. The summed E-state index contributed by atoms with van der Waals surface area (Å²) < 4.78 is 1.99. The van der Waals surface area contributed by atoms with Gasteiger partial charge < -0.3 is 10.6 Å². The van der Waals surface area contributed by atoms with Crippen LogP contribution in [0.15, 0.2) is 53.9 Å². The minimum Gasteiger partial charge on any atom is -0.359 e. The van der Waals surface area contributed by atoms with Crippen LogP contribution in [0, 0.1) is 0 Å². The van der Waals surface area contributed by atoms with Crippen molar-refractivity contribution in [2.75, 3.05) is 14.1 Å². The summed E-state index contributed by atoms with van der Waals surface area (Å²) in [6, 6.07) is 12.1. The van der Waals surface area contributed by atoms with Crippen molar-refractivity contribution in [3.63, 3.8) is 0 Å². The highest BCUT2D eigenvalue weighted by atomic mass is 79.9. The van der Waals surface area contributed by atoms with Gasteiger partial charge in [0.1, 0.15) is 12.1 Å². The SMILES string of the molecule is Br.CN=C(NC)NCc1ccc(-n2cnc3ccccc32)nc1. The number of guanidine groups is 1. The molecule has 6 nitrogen and oxygen atoms in total. The van der Waals surface area contributed by atoms with Gasteiger partial charge in [0.05, 0.1) is 11.0 Å². The van der Waals surface area contributed by atoms with Gasteiger partial charge in [-0.3, -0.25) is 9.56 Å². The molecule has 0 spiro atoms. The van der Waals surface area contributed by atoms with Crippen molar-refractivity contribution in [2.45, 2.75) is 6.54 Å². The number of rotatable bonds is 3. The molecule has 1 aromatic carbocycles. The molecular weight excluding hydrogens is 356 g/mol. The molecule has 2 heterocycles. The average Bonchev–Trinajstić information content (AvgIpc) is 3.00. The summed E-state index contributed by atoms with van der Waals surface area (Å²) in [6.45, 7) is 0.672. The first-order valence-corrected chi connectivity index (χ1v) is 7.07. The molecule has 3 rings (SSSR count). The molecule has 120 valence electrons. The van der Waals surface area contributed by atoms with E-state index in [0.29, 0.717) is 6.54 Å². The fourth-order valence-electron chi connectivity index (χ4n) is 2.27. The number of hydrogen-bond donors (Lipinski definition) is 2. The van der Waals surface area contributed by atoms with Gasteiger partial charge in [0.25, 0.3) is 0 Å². The van der Waals surface area contributed by atoms with Crippen LogP contribution < -0.4 is 10.6 Å². The van der Waals surface area contributed by atoms with Crippen molar-refractivity contribution in [1.82, 2.24) is 25.2 Å². The molecule has 0 radical (unpaired) electrons. The topological polar surface area (TPSA) is 67.1 Å². The first kappa shape index (κ1) is 17.0. The van der Waals surface area contributed by atoms with Gasteiger partial charge in [-0.2, -0.15) is 0 Å². The zero-order valence-electron chi connectivity index (χ0n) is 13.0. The highest BCUT2D eigenvalue weighted by Crippen LogP contribution is 2.16. The predicted octanol–water partition coefficient (Wildman–Crippen LogP) is 2.29. The van der Waals surface area contributed by atoms with E-state index in [-0.39, 0.29) is 17.0 Å². The van der Waals surface area contributed by atoms with Crippen molar-refractivity contribution in [3.8, 4) is 5.82 Å². The highest BCUT2D eigenvalue weighted by Gasteiger charge is 2.05. The molecule has 0 bridgehead atoms. The van der Waals surface area contributed by atoms with Crippen molar-refractivity contribution in [2.24, 2.45) is 4.99 Å².